The van der Waals surface area contributed by atoms with Gasteiger partial charge in [0, 0.05) is 9.75 Å². The summed E-state index contributed by atoms with van der Waals surface area (Å²) in [6.07, 6.45) is 6.80. The summed E-state index contributed by atoms with van der Waals surface area (Å²) < 4.78 is 5.60. The largest absolute Gasteiger partial charge is 0.377 e. The molecule has 0 spiro atoms. The summed E-state index contributed by atoms with van der Waals surface area (Å²) in [7, 11) is 0. The Hall–Kier alpha value is -0.380. The van der Waals surface area contributed by atoms with E-state index in [1.807, 2.05) is 11.3 Å². The molecule has 1 atom stereocenters. The molecule has 1 aliphatic carbocycles. The van der Waals surface area contributed by atoms with Crippen LogP contribution in [0.2, 0.25) is 0 Å². The molecule has 0 saturated heterocycles. The molecule has 17 heavy (non-hydrogen) atoms. The molecule has 96 valence electrons. The third kappa shape index (κ3) is 3.54. The van der Waals surface area contributed by atoms with Crippen molar-refractivity contribution in [1.29, 1.82) is 0 Å². The van der Waals surface area contributed by atoms with Gasteiger partial charge >= 0.3 is 0 Å². The lowest BCUT2D eigenvalue weighted by atomic mass is 10.1. The Bertz CT molecular complexity index is 336. The first-order valence-corrected chi connectivity index (χ1v) is 7.47. The highest BCUT2D eigenvalue weighted by molar-refractivity contribution is 7.12. The summed E-state index contributed by atoms with van der Waals surface area (Å²) >= 11 is 1.90. The van der Waals surface area contributed by atoms with Crippen molar-refractivity contribution in [3.05, 3.63) is 21.4 Å². The molecular formula is C14H23NOS. The third-order valence-corrected chi connectivity index (χ3v) is 4.61. The maximum Gasteiger partial charge on any atom is 0.0670 e. The zero-order chi connectivity index (χ0) is 12.3. The Balaban J connectivity index is 2.01. The van der Waals surface area contributed by atoms with Crippen LogP contribution in [-0.2, 0) is 17.6 Å². The molecule has 3 heteroatoms. The molecule has 1 heterocycles. The summed E-state index contributed by atoms with van der Waals surface area (Å²) in [5, 5.41) is 0. The molecule has 2 rings (SSSR count). The van der Waals surface area contributed by atoms with Gasteiger partial charge in [-0.3, -0.25) is 0 Å². The molecule has 1 aromatic heterocycles. The van der Waals surface area contributed by atoms with Gasteiger partial charge in [0.2, 0.25) is 0 Å². The van der Waals surface area contributed by atoms with Crippen LogP contribution < -0.4 is 5.73 Å². The van der Waals surface area contributed by atoms with E-state index in [1.54, 1.807) is 10.4 Å². The molecule has 0 aromatic carbocycles. The Kier molecular flexibility index (Phi) is 4.60. The van der Waals surface area contributed by atoms with Crippen molar-refractivity contribution in [3.63, 3.8) is 0 Å². The van der Waals surface area contributed by atoms with E-state index in [0.717, 1.165) is 0 Å². The van der Waals surface area contributed by atoms with Gasteiger partial charge in [-0.25, -0.2) is 0 Å². The molecular weight excluding hydrogens is 230 g/mol. The number of nitrogens with two attached hydrogens (primary N) is 1. The Morgan fingerprint density at radius 3 is 2.82 bits per heavy atom. The van der Waals surface area contributed by atoms with Gasteiger partial charge in [-0.1, -0.05) is 6.42 Å². The standard InChI is InChI=1S/C14H23NOS/c1-10(2)16-9-12(15)14-8-11-6-4-3-5-7-13(11)17-14/h8,10,12H,3-7,9,15H2,1-2H3. The summed E-state index contributed by atoms with van der Waals surface area (Å²) in [5.41, 5.74) is 7.72. The van der Waals surface area contributed by atoms with E-state index in [1.165, 1.54) is 37.0 Å². The van der Waals surface area contributed by atoms with Crippen LogP contribution in [0.25, 0.3) is 0 Å². The van der Waals surface area contributed by atoms with Crippen molar-refractivity contribution >= 4 is 11.3 Å². The second-order valence-corrected chi connectivity index (χ2v) is 6.31. The van der Waals surface area contributed by atoms with Crippen LogP contribution in [0.1, 0.15) is 54.5 Å². The first kappa shape index (κ1) is 13.1. The Morgan fingerprint density at radius 2 is 2.06 bits per heavy atom. The maximum absolute atomic E-state index is 6.18. The number of thiophene rings is 1. The van der Waals surface area contributed by atoms with Crippen molar-refractivity contribution in [2.75, 3.05) is 6.61 Å². The molecule has 0 fully saturated rings. The van der Waals surface area contributed by atoms with Gasteiger partial charge < -0.3 is 10.5 Å². The van der Waals surface area contributed by atoms with E-state index in [-0.39, 0.29) is 12.1 Å². The van der Waals surface area contributed by atoms with Gasteiger partial charge in [-0.2, -0.15) is 0 Å². The van der Waals surface area contributed by atoms with Gasteiger partial charge in [0.25, 0.3) is 0 Å². The molecule has 2 N–H and O–H groups in total. The van der Waals surface area contributed by atoms with E-state index in [4.69, 9.17) is 10.5 Å². The highest BCUT2D eigenvalue weighted by Crippen LogP contribution is 2.31. The minimum atomic E-state index is 0.0503. The topological polar surface area (TPSA) is 35.2 Å². The average molecular weight is 253 g/mol. The van der Waals surface area contributed by atoms with E-state index in [9.17, 15) is 0 Å². The molecule has 0 radical (unpaired) electrons. The normalized spacial score (nSPS) is 17.9. The van der Waals surface area contributed by atoms with Gasteiger partial charge in [0.1, 0.15) is 0 Å². The van der Waals surface area contributed by atoms with Crippen LogP contribution in [0.5, 0.6) is 0 Å². The molecule has 0 amide bonds. The number of hydrogen-bond acceptors (Lipinski definition) is 3. The van der Waals surface area contributed by atoms with Crippen LogP contribution >= 0.6 is 11.3 Å². The van der Waals surface area contributed by atoms with Gasteiger partial charge in [0.05, 0.1) is 18.8 Å². The first-order valence-electron chi connectivity index (χ1n) is 6.65. The smallest absolute Gasteiger partial charge is 0.0670 e. The van der Waals surface area contributed by atoms with Crippen LogP contribution in [0.15, 0.2) is 6.07 Å². The number of ether oxygens (including phenoxy) is 1. The summed E-state index contributed by atoms with van der Waals surface area (Å²) in [6, 6.07) is 2.37. The van der Waals surface area contributed by atoms with Crippen LogP contribution in [0.3, 0.4) is 0 Å². The summed E-state index contributed by atoms with van der Waals surface area (Å²) in [4.78, 5) is 2.87. The van der Waals surface area contributed by atoms with Crippen molar-refractivity contribution in [3.8, 4) is 0 Å². The van der Waals surface area contributed by atoms with Crippen molar-refractivity contribution in [2.45, 2.75) is 58.1 Å². The fourth-order valence-corrected chi connectivity index (χ4v) is 3.50. The number of rotatable bonds is 4. The van der Waals surface area contributed by atoms with Gasteiger partial charge in [0.15, 0.2) is 0 Å². The predicted molar refractivity (Wildman–Crippen MR) is 73.6 cm³/mol. The van der Waals surface area contributed by atoms with Crippen LogP contribution in [-0.4, -0.2) is 12.7 Å². The second kappa shape index (κ2) is 5.98. The highest BCUT2D eigenvalue weighted by atomic mass is 32.1. The number of fused-ring (bicyclic) bond motifs is 1. The van der Waals surface area contributed by atoms with E-state index < -0.39 is 0 Å². The monoisotopic (exact) mass is 253 g/mol. The summed E-state index contributed by atoms with van der Waals surface area (Å²) in [6.45, 7) is 4.74. The van der Waals surface area contributed by atoms with E-state index in [0.29, 0.717) is 6.61 Å². The van der Waals surface area contributed by atoms with Crippen LogP contribution in [0, 0.1) is 0 Å². The Labute approximate surface area is 108 Å². The molecule has 2 nitrogen and oxygen atoms in total. The van der Waals surface area contributed by atoms with Gasteiger partial charge in [-0.05, 0) is 51.2 Å². The van der Waals surface area contributed by atoms with Crippen molar-refractivity contribution in [2.24, 2.45) is 5.73 Å². The lowest BCUT2D eigenvalue weighted by Crippen LogP contribution is -2.18. The fourth-order valence-electron chi connectivity index (χ4n) is 2.25. The fraction of sp³-hybridized carbons (Fsp3) is 0.714. The average Bonchev–Trinajstić information content (AvgIpc) is 2.58. The zero-order valence-corrected chi connectivity index (χ0v) is 11.7. The van der Waals surface area contributed by atoms with Gasteiger partial charge in [-0.15, -0.1) is 11.3 Å². The lowest BCUT2D eigenvalue weighted by Gasteiger charge is -2.12. The first-order chi connectivity index (χ1) is 8.16. The minimum absolute atomic E-state index is 0.0503. The molecule has 1 aliphatic rings. The molecule has 0 saturated carbocycles. The SMILES string of the molecule is CC(C)OCC(N)c1cc2c(s1)CCCCC2. The number of hydrogen-bond donors (Lipinski definition) is 1. The molecule has 0 bridgehead atoms. The maximum atomic E-state index is 6.18. The van der Waals surface area contributed by atoms with E-state index >= 15 is 0 Å². The molecule has 0 aliphatic heterocycles. The highest BCUT2D eigenvalue weighted by Gasteiger charge is 2.16. The molecule has 1 unspecified atom stereocenters. The lowest BCUT2D eigenvalue weighted by molar-refractivity contribution is 0.0688. The quantitative estimate of drug-likeness (QED) is 0.834. The van der Waals surface area contributed by atoms with Crippen LogP contribution in [0.4, 0.5) is 0 Å². The van der Waals surface area contributed by atoms with Crippen molar-refractivity contribution < 1.29 is 4.74 Å². The predicted octanol–water partition coefficient (Wildman–Crippen LogP) is 3.44. The third-order valence-electron chi connectivity index (χ3n) is 3.24. The zero-order valence-electron chi connectivity index (χ0n) is 10.9. The minimum Gasteiger partial charge on any atom is -0.377 e. The second-order valence-electron chi connectivity index (χ2n) is 5.15. The molecule has 1 aromatic rings. The summed E-state index contributed by atoms with van der Waals surface area (Å²) in [5.74, 6) is 0. The van der Waals surface area contributed by atoms with E-state index in [2.05, 4.69) is 19.9 Å². The number of aryl methyl sites for hydroxylation is 2. The Morgan fingerprint density at radius 1 is 1.29 bits per heavy atom. The van der Waals surface area contributed by atoms with Crippen molar-refractivity contribution in [1.82, 2.24) is 0 Å².